The van der Waals surface area contributed by atoms with Crippen LogP contribution in [0.25, 0.3) is 0 Å². The van der Waals surface area contributed by atoms with E-state index in [1.54, 1.807) is 24.3 Å². The van der Waals surface area contributed by atoms with Crippen LogP contribution in [0.15, 0.2) is 66.9 Å². The van der Waals surface area contributed by atoms with Gasteiger partial charge >= 0.3 is 6.18 Å². The largest absolute Gasteiger partial charge is 0.421 e. The van der Waals surface area contributed by atoms with Gasteiger partial charge < -0.3 is 15.5 Å². The van der Waals surface area contributed by atoms with E-state index in [1.165, 1.54) is 19.2 Å². The third kappa shape index (κ3) is 9.36. The van der Waals surface area contributed by atoms with Crippen LogP contribution in [0.3, 0.4) is 0 Å². The van der Waals surface area contributed by atoms with E-state index in [-0.39, 0.29) is 43.0 Å². The van der Waals surface area contributed by atoms with Gasteiger partial charge in [-0.1, -0.05) is 18.2 Å². The molecule has 21 heteroatoms. The normalized spacial score (nSPS) is 19.2. The maximum Gasteiger partial charge on any atom is 0.421 e. The third-order valence-corrected chi connectivity index (χ3v) is 13.4. The molecule has 1 aromatic heterocycles. The molecule has 338 valence electrons. The molecule has 64 heavy (non-hydrogen) atoms. The Labute approximate surface area is 366 Å². The van der Waals surface area contributed by atoms with Crippen LogP contribution in [0.4, 0.5) is 46.4 Å². The Bertz CT molecular complexity index is 2580. The highest BCUT2D eigenvalue weighted by Crippen LogP contribution is 2.35. The van der Waals surface area contributed by atoms with Crippen molar-refractivity contribution in [1.29, 1.82) is 0 Å². The number of carbonyl (C=O) groups is 4. The number of hydrogen-bond donors (Lipinski definition) is 3. The number of hydrogen-bond acceptors (Lipinski definition) is 13. The van der Waals surface area contributed by atoms with Crippen LogP contribution in [-0.2, 0) is 38.9 Å². The van der Waals surface area contributed by atoms with Gasteiger partial charge in [0.1, 0.15) is 23.2 Å². The number of piperidine rings is 2. The van der Waals surface area contributed by atoms with Crippen molar-refractivity contribution in [1.82, 2.24) is 30.0 Å². The van der Waals surface area contributed by atoms with Crippen molar-refractivity contribution in [2.24, 2.45) is 0 Å². The van der Waals surface area contributed by atoms with E-state index >= 15 is 4.39 Å². The zero-order chi connectivity index (χ0) is 45.5. The molecule has 8 rings (SSSR count). The summed E-state index contributed by atoms with van der Waals surface area (Å²) in [5.74, 6) is -4.09. The number of aromatic nitrogens is 2. The minimum atomic E-state index is -4.73. The molecule has 4 aliphatic heterocycles. The molecule has 0 saturated carbocycles. The number of amides is 4. The minimum absolute atomic E-state index is 0.00957. The lowest BCUT2D eigenvalue weighted by Gasteiger charge is -2.43. The van der Waals surface area contributed by atoms with Gasteiger partial charge in [0.25, 0.3) is 11.8 Å². The van der Waals surface area contributed by atoms with E-state index in [0.717, 1.165) is 60.2 Å². The number of benzene rings is 3. The average Bonchev–Trinajstić information content (AvgIpc) is 3.52. The monoisotopic (exact) mass is 906 g/mol. The first-order valence-corrected chi connectivity index (χ1v) is 22.6. The van der Waals surface area contributed by atoms with E-state index in [0.29, 0.717) is 47.8 Å². The molecule has 0 aliphatic carbocycles. The predicted molar refractivity (Wildman–Crippen MR) is 229 cm³/mol. The smallest absolute Gasteiger partial charge is 0.371 e. The summed E-state index contributed by atoms with van der Waals surface area (Å²) >= 11 is 0. The van der Waals surface area contributed by atoms with E-state index in [1.807, 2.05) is 24.3 Å². The quantitative estimate of drug-likeness (QED) is 0.133. The van der Waals surface area contributed by atoms with E-state index in [4.69, 9.17) is 0 Å². The molecule has 3 fully saturated rings. The Balaban J connectivity index is 0.822. The van der Waals surface area contributed by atoms with Crippen LogP contribution < -0.4 is 25.2 Å². The van der Waals surface area contributed by atoms with Gasteiger partial charge in [0, 0.05) is 95.0 Å². The number of alkyl halides is 3. The Morgan fingerprint density at radius 1 is 0.906 bits per heavy atom. The number of rotatable bonds is 12. The van der Waals surface area contributed by atoms with Gasteiger partial charge in [0.2, 0.25) is 27.8 Å². The lowest BCUT2D eigenvalue weighted by Crippen LogP contribution is -2.54. The van der Waals surface area contributed by atoms with E-state index < -0.39 is 63.1 Å². The molecule has 0 spiro atoms. The van der Waals surface area contributed by atoms with Crippen molar-refractivity contribution >= 4 is 62.5 Å². The maximum absolute atomic E-state index is 15.9. The fourth-order valence-electron chi connectivity index (χ4n) is 8.61. The zero-order valence-electron chi connectivity index (χ0n) is 35.0. The lowest BCUT2D eigenvalue weighted by molar-refractivity contribution is -0.138. The molecule has 4 amide bonds. The first-order chi connectivity index (χ1) is 30.4. The van der Waals surface area contributed by atoms with Crippen molar-refractivity contribution in [3.63, 3.8) is 0 Å². The van der Waals surface area contributed by atoms with Crippen molar-refractivity contribution < 1.29 is 45.2 Å². The molecule has 4 aliphatic rings. The predicted octanol–water partition coefficient (Wildman–Crippen LogP) is 4.57. The summed E-state index contributed by atoms with van der Waals surface area (Å²) in [6.07, 6.45) is -1.14. The van der Waals surface area contributed by atoms with Crippen molar-refractivity contribution in [2.45, 2.75) is 57.0 Å². The number of fused-ring (bicyclic) bond motifs is 1. The SMILES string of the molecule is CN(c1cccc(CNc2nc(Nc3ccc(N4CCC(N5CCN(Cc6ccc7c(c6F)C(=O)N(C6CCC(=O)NC6=O)C7=O)CC5)CC4)cc3)ncc2C(F)(F)F)c1)S(C)(=O)=O. The van der Waals surface area contributed by atoms with Crippen molar-refractivity contribution in [2.75, 3.05) is 72.4 Å². The first kappa shape index (κ1) is 44.4. The summed E-state index contributed by atoms with van der Waals surface area (Å²) < 4.78 is 82.7. The lowest BCUT2D eigenvalue weighted by atomic mass is 10.0. The van der Waals surface area contributed by atoms with Crippen LogP contribution in [0.1, 0.15) is 63.1 Å². The van der Waals surface area contributed by atoms with Gasteiger partial charge in [-0.2, -0.15) is 18.2 Å². The molecule has 1 atom stereocenters. The molecule has 0 bridgehead atoms. The van der Waals surface area contributed by atoms with Crippen molar-refractivity contribution in [3.05, 3.63) is 100 Å². The molecular formula is C43H46F4N10O6S. The standard InChI is InChI=1S/C43H46F4N10O6S/c1-53(64(2,62)63)31-5-3-4-26(22-31)23-48-38-33(43(45,46)47)24-49-42(52-38)50-28-7-9-29(10-8-28)55-16-14-30(15-17-55)56-20-18-54(19-21-56)25-27-6-11-32-36(37(27)44)41(61)57(40(32)60)34-12-13-35(58)51-39(34)59/h3-11,22,24,30,34H,12-21,23,25H2,1-2H3,(H,51,58,59)(H2,48,49,50,52). The number of nitrogens with one attached hydrogen (secondary N) is 3. The molecule has 0 radical (unpaired) electrons. The van der Waals surface area contributed by atoms with Gasteiger partial charge in [0.15, 0.2) is 0 Å². The minimum Gasteiger partial charge on any atom is -0.371 e. The highest BCUT2D eigenvalue weighted by molar-refractivity contribution is 7.92. The Hall–Kier alpha value is -6.19. The number of anilines is 5. The Morgan fingerprint density at radius 3 is 2.30 bits per heavy atom. The number of halogens is 4. The summed E-state index contributed by atoms with van der Waals surface area (Å²) in [5, 5.41) is 7.87. The summed E-state index contributed by atoms with van der Waals surface area (Å²) in [6.45, 7) is 4.73. The van der Waals surface area contributed by atoms with E-state index in [2.05, 4.69) is 40.6 Å². The molecule has 3 saturated heterocycles. The van der Waals surface area contributed by atoms with Gasteiger partial charge in [-0.25, -0.2) is 17.8 Å². The number of sulfonamides is 1. The number of nitrogens with zero attached hydrogens (tertiary/aromatic N) is 7. The topological polar surface area (TPSA) is 180 Å². The van der Waals surface area contributed by atoms with Gasteiger partial charge in [-0.05, 0) is 67.3 Å². The molecule has 3 aromatic carbocycles. The molecule has 1 unspecified atom stereocenters. The van der Waals surface area contributed by atoms with Crippen LogP contribution >= 0.6 is 0 Å². The Kier molecular flexibility index (Phi) is 12.3. The fraction of sp³-hybridized carbons (Fsp3) is 0.395. The number of imide groups is 2. The summed E-state index contributed by atoms with van der Waals surface area (Å²) in [5.41, 5.74) is 1.30. The average molecular weight is 907 g/mol. The molecule has 3 N–H and O–H groups in total. The Morgan fingerprint density at radius 2 is 1.62 bits per heavy atom. The van der Waals surface area contributed by atoms with Gasteiger partial charge in [-0.3, -0.25) is 43.5 Å². The second kappa shape index (κ2) is 17.8. The third-order valence-electron chi connectivity index (χ3n) is 12.2. The van der Waals surface area contributed by atoms with Crippen LogP contribution in [0.5, 0.6) is 0 Å². The van der Waals surface area contributed by atoms with Crippen molar-refractivity contribution in [3.8, 4) is 0 Å². The zero-order valence-corrected chi connectivity index (χ0v) is 35.8. The van der Waals surface area contributed by atoms with Crippen LogP contribution in [0, 0.1) is 5.82 Å². The molecule has 4 aromatic rings. The summed E-state index contributed by atoms with van der Waals surface area (Å²) in [6, 6.07) is 16.1. The van der Waals surface area contributed by atoms with Gasteiger partial charge in [-0.15, -0.1) is 0 Å². The highest BCUT2D eigenvalue weighted by atomic mass is 32.2. The van der Waals surface area contributed by atoms with Gasteiger partial charge in [0.05, 0.1) is 23.1 Å². The molecule has 5 heterocycles. The second-order valence-corrected chi connectivity index (χ2v) is 18.3. The maximum atomic E-state index is 15.9. The molecular weight excluding hydrogens is 861 g/mol. The summed E-state index contributed by atoms with van der Waals surface area (Å²) in [4.78, 5) is 66.0. The molecule has 16 nitrogen and oxygen atoms in total. The number of carbonyl (C=O) groups excluding carboxylic acids is 4. The van der Waals surface area contributed by atoms with E-state index in [9.17, 15) is 40.8 Å². The van der Waals surface area contributed by atoms with Crippen LogP contribution in [0.2, 0.25) is 0 Å². The number of piperazine rings is 1. The van der Waals surface area contributed by atoms with Crippen LogP contribution in [-0.4, -0.2) is 121 Å². The fourth-order valence-corrected chi connectivity index (χ4v) is 9.10. The summed E-state index contributed by atoms with van der Waals surface area (Å²) in [7, 11) is -2.15. The second-order valence-electron chi connectivity index (χ2n) is 16.3. The first-order valence-electron chi connectivity index (χ1n) is 20.8. The highest BCUT2D eigenvalue weighted by Gasteiger charge is 2.46.